The first-order chi connectivity index (χ1) is 7.70. The number of carbonyl (C=O) groups is 1. The summed E-state index contributed by atoms with van der Waals surface area (Å²) in [7, 11) is 1.31. The number of methoxy groups -OCH3 is 1. The molecule has 4 nitrogen and oxygen atoms in total. The van der Waals surface area contributed by atoms with Crippen LogP contribution in [0.5, 0.6) is 0 Å². The average Bonchev–Trinajstić information content (AvgIpc) is 2.79. The lowest BCUT2D eigenvalue weighted by Gasteiger charge is -2.24. The second-order valence-corrected chi connectivity index (χ2v) is 3.71. The molecular formula is C11H10ClNO3. The Balaban J connectivity index is 2.53. The molecule has 5 heteroatoms. The van der Waals surface area contributed by atoms with Gasteiger partial charge in [-0.05, 0) is 12.1 Å². The van der Waals surface area contributed by atoms with Gasteiger partial charge in [-0.25, -0.2) is 4.79 Å². The van der Waals surface area contributed by atoms with Crippen LogP contribution in [0.25, 0.3) is 0 Å². The molecule has 0 fully saturated rings. The van der Waals surface area contributed by atoms with Gasteiger partial charge in [-0.3, -0.25) is 0 Å². The number of ether oxygens (including phenoxy) is 1. The first-order valence-corrected chi connectivity index (χ1v) is 5.02. The lowest BCUT2D eigenvalue weighted by Crippen LogP contribution is -2.45. The van der Waals surface area contributed by atoms with E-state index in [9.17, 15) is 4.79 Å². The number of halogens is 1. The van der Waals surface area contributed by atoms with E-state index in [0.717, 1.165) is 0 Å². The molecule has 1 aromatic carbocycles. The molecular weight excluding hydrogens is 230 g/mol. The SMILES string of the molecule is COC(=O)C1(c2ccccc2Cl)C=CON1. The molecule has 1 aromatic rings. The van der Waals surface area contributed by atoms with Gasteiger partial charge in [-0.1, -0.05) is 29.8 Å². The maximum atomic E-state index is 11.8. The molecule has 0 bridgehead atoms. The van der Waals surface area contributed by atoms with Crippen molar-refractivity contribution in [2.24, 2.45) is 0 Å². The molecule has 0 saturated heterocycles. The molecule has 0 saturated carbocycles. The van der Waals surface area contributed by atoms with Crippen LogP contribution in [0, 0.1) is 0 Å². The summed E-state index contributed by atoms with van der Waals surface area (Å²) in [6, 6.07) is 7.02. The lowest BCUT2D eigenvalue weighted by atomic mass is 9.91. The third-order valence-corrected chi connectivity index (χ3v) is 2.74. The predicted molar refractivity (Wildman–Crippen MR) is 58.5 cm³/mol. The Labute approximate surface area is 97.8 Å². The van der Waals surface area contributed by atoms with Gasteiger partial charge in [0.2, 0.25) is 0 Å². The summed E-state index contributed by atoms with van der Waals surface area (Å²) in [5.41, 5.74) is 2.04. The van der Waals surface area contributed by atoms with Crippen molar-refractivity contribution in [1.29, 1.82) is 0 Å². The van der Waals surface area contributed by atoms with E-state index in [1.54, 1.807) is 30.3 Å². The summed E-state index contributed by atoms with van der Waals surface area (Å²) in [5, 5.41) is 0.468. The second kappa shape index (κ2) is 4.15. The van der Waals surface area contributed by atoms with Crippen molar-refractivity contribution in [2.75, 3.05) is 7.11 Å². The second-order valence-electron chi connectivity index (χ2n) is 3.30. The summed E-state index contributed by atoms with van der Waals surface area (Å²) in [4.78, 5) is 16.7. The van der Waals surface area contributed by atoms with E-state index >= 15 is 0 Å². The highest BCUT2D eigenvalue weighted by Gasteiger charge is 2.44. The normalized spacial score (nSPS) is 22.9. The monoisotopic (exact) mass is 239 g/mol. The molecule has 1 N–H and O–H groups in total. The number of hydrogen-bond donors (Lipinski definition) is 1. The van der Waals surface area contributed by atoms with Gasteiger partial charge in [0.15, 0.2) is 5.54 Å². The lowest BCUT2D eigenvalue weighted by molar-refractivity contribution is -0.149. The first kappa shape index (κ1) is 11.0. The van der Waals surface area contributed by atoms with Crippen molar-refractivity contribution in [3.8, 4) is 0 Å². The number of hydroxylamine groups is 1. The zero-order valence-corrected chi connectivity index (χ0v) is 9.32. The van der Waals surface area contributed by atoms with Gasteiger partial charge in [0.1, 0.15) is 6.26 Å². The van der Waals surface area contributed by atoms with Crippen LogP contribution in [0.1, 0.15) is 5.56 Å². The number of rotatable bonds is 2. The third-order valence-electron chi connectivity index (χ3n) is 2.41. The van der Waals surface area contributed by atoms with Crippen LogP contribution >= 0.6 is 11.6 Å². The van der Waals surface area contributed by atoms with Crippen LogP contribution in [0.15, 0.2) is 36.6 Å². The maximum Gasteiger partial charge on any atom is 0.338 e. The van der Waals surface area contributed by atoms with E-state index in [2.05, 4.69) is 5.48 Å². The van der Waals surface area contributed by atoms with E-state index in [1.165, 1.54) is 13.4 Å². The molecule has 0 aromatic heterocycles. The largest absolute Gasteiger partial charge is 0.467 e. The molecule has 1 atom stereocenters. The summed E-state index contributed by atoms with van der Waals surface area (Å²) < 4.78 is 4.76. The Bertz CT molecular complexity index is 447. The molecule has 0 radical (unpaired) electrons. The summed E-state index contributed by atoms with van der Waals surface area (Å²) in [6.07, 6.45) is 2.96. The van der Waals surface area contributed by atoms with Crippen molar-refractivity contribution in [2.45, 2.75) is 5.54 Å². The van der Waals surface area contributed by atoms with Crippen molar-refractivity contribution < 1.29 is 14.4 Å². The number of esters is 1. The van der Waals surface area contributed by atoms with E-state index in [0.29, 0.717) is 10.6 Å². The van der Waals surface area contributed by atoms with Crippen molar-refractivity contribution >= 4 is 17.6 Å². The van der Waals surface area contributed by atoms with Crippen LogP contribution in [-0.2, 0) is 19.9 Å². The maximum absolute atomic E-state index is 11.8. The predicted octanol–water partition coefficient (Wildman–Crippen LogP) is 1.76. The highest BCUT2D eigenvalue weighted by molar-refractivity contribution is 6.31. The van der Waals surface area contributed by atoms with Crippen LogP contribution in [-0.4, -0.2) is 13.1 Å². The molecule has 1 aliphatic heterocycles. The molecule has 0 spiro atoms. The Morgan fingerprint density at radius 3 is 2.81 bits per heavy atom. The van der Waals surface area contributed by atoms with Crippen molar-refractivity contribution in [3.05, 3.63) is 47.2 Å². The van der Waals surface area contributed by atoms with E-state index < -0.39 is 11.5 Å². The molecule has 1 heterocycles. The number of carbonyl (C=O) groups excluding carboxylic acids is 1. The van der Waals surface area contributed by atoms with Crippen molar-refractivity contribution in [3.63, 3.8) is 0 Å². The molecule has 1 unspecified atom stereocenters. The minimum atomic E-state index is -1.16. The highest BCUT2D eigenvalue weighted by Crippen LogP contribution is 2.32. The molecule has 1 aliphatic rings. The minimum Gasteiger partial charge on any atom is -0.467 e. The van der Waals surface area contributed by atoms with Gasteiger partial charge < -0.3 is 9.57 Å². The fourth-order valence-corrected chi connectivity index (χ4v) is 1.89. The topological polar surface area (TPSA) is 47.6 Å². The van der Waals surface area contributed by atoms with Gasteiger partial charge in [-0.2, -0.15) is 0 Å². The molecule has 2 rings (SSSR count). The smallest absolute Gasteiger partial charge is 0.338 e. The minimum absolute atomic E-state index is 0.468. The number of nitrogens with one attached hydrogen (secondary N) is 1. The fourth-order valence-electron chi connectivity index (χ4n) is 1.60. The summed E-state index contributed by atoms with van der Waals surface area (Å²) in [5.74, 6) is -0.477. The van der Waals surface area contributed by atoms with Gasteiger partial charge in [-0.15, -0.1) is 5.48 Å². The van der Waals surface area contributed by atoms with Crippen molar-refractivity contribution in [1.82, 2.24) is 5.48 Å². The van der Waals surface area contributed by atoms with Gasteiger partial charge in [0, 0.05) is 10.6 Å². The zero-order valence-electron chi connectivity index (χ0n) is 8.57. The van der Waals surface area contributed by atoms with E-state index in [1.807, 2.05) is 0 Å². The quantitative estimate of drug-likeness (QED) is 0.799. The molecule has 0 aliphatic carbocycles. The summed E-state index contributed by atoms with van der Waals surface area (Å²) >= 11 is 6.06. The van der Waals surface area contributed by atoms with Crippen LogP contribution in [0.4, 0.5) is 0 Å². The molecule has 16 heavy (non-hydrogen) atoms. The molecule has 0 amide bonds. The average molecular weight is 240 g/mol. The van der Waals surface area contributed by atoms with Gasteiger partial charge in [0.05, 0.1) is 7.11 Å². The molecule has 84 valence electrons. The standard InChI is InChI=1S/C11H10ClNO3/c1-15-10(14)11(6-7-16-13-11)8-4-2-3-5-9(8)12/h2-7,13H,1H3. The number of benzene rings is 1. The van der Waals surface area contributed by atoms with E-state index in [-0.39, 0.29) is 0 Å². The van der Waals surface area contributed by atoms with Crippen LogP contribution in [0.3, 0.4) is 0 Å². The summed E-state index contributed by atoms with van der Waals surface area (Å²) in [6.45, 7) is 0. The highest BCUT2D eigenvalue weighted by atomic mass is 35.5. The van der Waals surface area contributed by atoms with Gasteiger partial charge >= 0.3 is 5.97 Å². The van der Waals surface area contributed by atoms with Crippen LogP contribution in [0.2, 0.25) is 5.02 Å². The van der Waals surface area contributed by atoms with Crippen LogP contribution < -0.4 is 5.48 Å². The number of hydrogen-bond acceptors (Lipinski definition) is 4. The van der Waals surface area contributed by atoms with Gasteiger partial charge in [0.25, 0.3) is 0 Å². The van der Waals surface area contributed by atoms with E-state index in [4.69, 9.17) is 21.2 Å². The third kappa shape index (κ3) is 1.56. The Kier molecular flexibility index (Phi) is 2.85. The fraction of sp³-hybridized carbons (Fsp3) is 0.182. The Hall–Kier alpha value is -1.52. The Morgan fingerprint density at radius 1 is 1.50 bits per heavy atom. The first-order valence-electron chi connectivity index (χ1n) is 4.64. The zero-order chi connectivity index (χ0) is 11.6. The Morgan fingerprint density at radius 2 is 2.25 bits per heavy atom.